The second-order valence-corrected chi connectivity index (χ2v) is 5.10. The fraction of sp³-hybridized carbons (Fsp3) is 0.188. The number of rotatable bonds is 2. The molecule has 2 atom stereocenters. The second-order valence-electron chi connectivity index (χ2n) is 5.10. The number of nitrogens with one attached hydrogen (secondary N) is 1. The van der Waals surface area contributed by atoms with Crippen molar-refractivity contribution >= 4 is 16.7 Å². The lowest BCUT2D eigenvalue weighted by Gasteiger charge is -2.27. The van der Waals surface area contributed by atoms with Crippen molar-refractivity contribution in [2.24, 2.45) is 0 Å². The van der Waals surface area contributed by atoms with Crippen LogP contribution in [0.5, 0.6) is 0 Å². The van der Waals surface area contributed by atoms with Crippen molar-refractivity contribution in [3.8, 4) is 0 Å². The highest BCUT2D eigenvalue weighted by molar-refractivity contribution is 5.79. The molecule has 1 aromatic heterocycles. The normalized spacial score (nSPS) is 22.0. The SMILES string of the molecule is OC1OC[C@H](c2ccccc2)N1c1ccc2nc[nH]c2c1. The average Bonchev–Trinajstić information content (AvgIpc) is 3.13. The summed E-state index contributed by atoms with van der Waals surface area (Å²) in [5.41, 5.74) is 3.88. The molecule has 0 saturated carbocycles. The monoisotopic (exact) mass is 281 g/mol. The van der Waals surface area contributed by atoms with Crippen molar-refractivity contribution in [1.29, 1.82) is 0 Å². The standard InChI is InChI=1S/C16H15N3O2/c20-16-19(12-6-7-13-14(8-12)18-10-17-13)15(9-21-16)11-4-2-1-3-5-11/h1-8,10,15-16,20H,9H2,(H,17,18)/t15-,16?/m1/s1. The van der Waals surface area contributed by atoms with E-state index in [1.54, 1.807) is 6.33 Å². The molecule has 0 spiro atoms. The van der Waals surface area contributed by atoms with Gasteiger partial charge in [-0.05, 0) is 23.8 Å². The Kier molecular flexibility index (Phi) is 2.87. The smallest absolute Gasteiger partial charge is 0.238 e. The van der Waals surface area contributed by atoms with Crippen molar-refractivity contribution in [3.05, 3.63) is 60.4 Å². The van der Waals surface area contributed by atoms with Gasteiger partial charge in [0.15, 0.2) is 0 Å². The van der Waals surface area contributed by atoms with Crippen LogP contribution in [0.4, 0.5) is 5.69 Å². The van der Waals surface area contributed by atoms with Crippen LogP contribution in [-0.2, 0) is 4.74 Å². The number of benzene rings is 2. The fourth-order valence-corrected chi connectivity index (χ4v) is 2.82. The molecule has 1 saturated heterocycles. The lowest BCUT2D eigenvalue weighted by atomic mass is 10.1. The Morgan fingerprint density at radius 1 is 1.19 bits per heavy atom. The van der Waals surface area contributed by atoms with E-state index >= 15 is 0 Å². The van der Waals surface area contributed by atoms with Crippen LogP contribution in [-0.4, -0.2) is 28.1 Å². The third-order valence-electron chi connectivity index (χ3n) is 3.86. The van der Waals surface area contributed by atoms with E-state index in [4.69, 9.17) is 4.74 Å². The highest BCUT2D eigenvalue weighted by Crippen LogP contribution is 2.35. The summed E-state index contributed by atoms with van der Waals surface area (Å²) >= 11 is 0. The van der Waals surface area contributed by atoms with E-state index in [2.05, 4.69) is 9.97 Å². The molecule has 0 bridgehead atoms. The number of hydrogen-bond acceptors (Lipinski definition) is 4. The number of aromatic amines is 1. The Morgan fingerprint density at radius 3 is 2.90 bits per heavy atom. The van der Waals surface area contributed by atoms with E-state index in [1.807, 2.05) is 53.4 Å². The lowest BCUT2D eigenvalue weighted by molar-refractivity contribution is -0.0575. The molecule has 0 aliphatic carbocycles. The Balaban J connectivity index is 1.76. The maximum Gasteiger partial charge on any atom is 0.238 e. The maximum atomic E-state index is 10.2. The minimum absolute atomic E-state index is 0.00146. The van der Waals surface area contributed by atoms with Crippen LogP contribution in [0.15, 0.2) is 54.9 Å². The van der Waals surface area contributed by atoms with Gasteiger partial charge in [-0.25, -0.2) is 4.98 Å². The molecule has 0 radical (unpaired) electrons. The zero-order valence-electron chi connectivity index (χ0n) is 11.3. The van der Waals surface area contributed by atoms with Crippen molar-refractivity contribution in [2.45, 2.75) is 12.5 Å². The number of fused-ring (bicyclic) bond motifs is 1. The van der Waals surface area contributed by atoms with Gasteiger partial charge in [-0.15, -0.1) is 0 Å². The molecule has 2 heterocycles. The van der Waals surface area contributed by atoms with E-state index in [-0.39, 0.29) is 6.04 Å². The van der Waals surface area contributed by atoms with Gasteiger partial charge in [0.1, 0.15) is 0 Å². The first-order chi connectivity index (χ1) is 10.3. The summed E-state index contributed by atoms with van der Waals surface area (Å²) in [5, 5.41) is 10.2. The van der Waals surface area contributed by atoms with E-state index in [9.17, 15) is 5.11 Å². The van der Waals surface area contributed by atoms with Crippen LogP contribution >= 0.6 is 0 Å². The first-order valence-corrected chi connectivity index (χ1v) is 6.89. The molecule has 1 aliphatic rings. The quantitative estimate of drug-likeness (QED) is 0.757. The van der Waals surface area contributed by atoms with E-state index in [1.165, 1.54) is 0 Å². The Bertz CT molecular complexity index is 756. The summed E-state index contributed by atoms with van der Waals surface area (Å²) in [6.07, 6.45) is 0.732. The molecule has 1 aliphatic heterocycles. The number of aliphatic hydroxyl groups excluding tert-OH is 1. The topological polar surface area (TPSA) is 61.4 Å². The minimum Gasteiger partial charge on any atom is -0.351 e. The first kappa shape index (κ1) is 12.4. The molecule has 2 N–H and O–H groups in total. The number of aromatic nitrogens is 2. The third-order valence-corrected chi connectivity index (χ3v) is 3.86. The van der Waals surface area contributed by atoms with Crippen molar-refractivity contribution in [2.75, 3.05) is 11.5 Å². The Morgan fingerprint density at radius 2 is 2.05 bits per heavy atom. The van der Waals surface area contributed by atoms with E-state index in [0.717, 1.165) is 22.3 Å². The number of ether oxygens (including phenoxy) is 1. The Labute approximate surface area is 121 Å². The molecule has 21 heavy (non-hydrogen) atoms. The average molecular weight is 281 g/mol. The molecular formula is C16H15N3O2. The molecule has 5 heteroatoms. The number of anilines is 1. The summed E-state index contributed by atoms with van der Waals surface area (Å²) in [6, 6.07) is 16.0. The zero-order valence-corrected chi connectivity index (χ0v) is 11.3. The van der Waals surface area contributed by atoms with Crippen LogP contribution in [0.2, 0.25) is 0 Å². The maximum absolute atomic E-state index is 10.2. The number of hydrogen-bond donors (Lipinski definition) is 2. The van der Waals surface area contributed by atoms with Crippen molar-refractivity contribution in [3.63, 3.8) is 0 Å². The second kappa shape index (κ2) is 4.87. The Hall–Kier alpha value is -2.37. The largest absolute Gasteiger partial charge is 0.351 e. The first-order valence-electron chi connectivity index (χ1n) is 6.89. The number of nitrogens with zero attached hydrogens (tertiary/aromatic N) is 2. The number of aliphatic hydroxyl groups is 1. The predicted octanol–water partition coefficient (Wildman–Crippen LogP) is 2.42. The zero-order chi connectivity index (χ0) is 14.2. The van der Waals surface area contributed by atoms with Gasteiger partial charge in [-0.3, -0.25) is 0 Å². The van der Waals surface area contributed by atoms with Crippen LogP contribution < -0.4 is 4.90 Å². The van der Waals surface area contributed by atoms with E-state index < -0.39 is 6.41 Å². The van der Waals surface area contributed by atoms with Gasteiger partial charge in [-0.1, -0.05) is 30.3 Å². The summed E-state index contributed by atoms with van der Waals surface area (Å²) in [7, 11) is 0. The highest BCUT2D eigenvalue weighted by atomic mass is 16.6. The number of H-pyrrole nitrogens is 1. The van der Waals surface area contributed by atoms with Gasteiger partial charge in [0.25, 0.3) is 0 Å². The van der Waals surface area contributed by atoms with Crippen LogP contribution in [0, 0.1) is 0 Å². The number of imidazole rings is 1. The summed E-state index contributed by atoms with van der Waals surface area (Å²) in [4.78, 5) is 9.19. The van der Waals surface area contributed by atoms with Crippen LogP contribution in [0.25, 0.3) is 11.0 Å². The van der Waals surface area contributed by atoms with E-state index in [0.29, 0.717) is 6.61 Å². The molecule has 5 nitrogen and oxygen atoms in total. The van der Waals surface area contributed by atoms with Gasteiger partial charge >= 0.3 is 0 Å². The molecule has 1 fully saturated rings. The van der Waals surface area contributed by atoms with Crippen LogP contribution in [0.1, 0.15) is 11.6 Å². The van der Waals surface area contributed by atoms with Gasteiger partial charge in [-0.2, -0.15) is 0 Å². The van der Waals surface area contributed by atoms with Gasteiger partial charge in [0, 0.05) is 5.69 Å². The lowest BCUT2D eigenvalue weighted by Crippen LogP contribution is -2.32. The molecule has 3 aromatic rings. The molecule has 106 valence electrons. The van der Waals surface area contributed by atoms with Gasteiger partial charge in [0.2, 0.25) is 6.41 Å². The fourth-order valence-electron chi connectivity index (χ4n) is 2.82. The minimum atomic E-state index is -0.935. The molecule has 4 rings (SSSR count). The summed E-state index contributed by atoms with van der Waals surface area (Å²) in [5.74, 6) is 0. The predicted molar refractivity (Wildman–Crippen MR) is 79.7 cm³/mol. The molecular weight excluding hydrogens is 266 g/mol. The van der Waals surface area contributed by atoms with Crippen molar-refractivity contribution < 1.29 is 9.84 Å². The van der Waals surface area contributed by atoms with Gasteiger partial charge in [0.05, 0.1) is 30.0 Å². The summed E-state index contributed by atoms with van der Waals surface area (Å²) in [6.45, 7) is 0.464. The highest BCUT2D eigenvalue weighted by Gasteiger charge is 2.34. The third kappa shape index (κ3) is 2.07. The molecule has 0 amide bonds. The molecule has 1 unspecified atom stereocenters. The molecule has 2 aromatic carbocycles. The van der Waals surface area contributed by atoms with Crippen molar-refractivity contribution in [1.82, 2.24) is 9.97 Å². The summed E-state index contributed by atoms with van der Waals surface area (Å²) < 4.78 is 5.44. The van der Waals surface area contributed by atoms with Crippen LogP contribution in [0.3, 0.4) is 0 Å². The van der Waals surface area contributed by atoms with Gasteiger partial charge < -0.3 is 19.7 Å².